The quantitative estimate of drug-likeness (QED) is 0.414. The van der Waals surface area contributed by atoms with E-state index in [9.17, 15) is 22.8 Å². The zero-order chi connectivity index (χ0) is 26.7. The number of nitrogen functional groups attached to an aromatic ring is 1. The average Bonchev–Trinajstić information content (AvgIpc) is 3.28. The van der Waals surface area contributed by atoms with Gasteiger partial charge in [0.05, 0.1) is 5.69 Å². The van der Waals surface area contributed by atoms with E-state index in [-0.39, 0.29) is 35.4 Å². The maximum absolute atomic E-state index is 14.0. The molecule has 0 spiro atoms. The summed E-state index contributed by atoms with van der Waals surface area (Å²) in [5.41, 5.74) is 13.0. The van der Waals surface area contributed by atoms with Crippen LogP contribution in [0, 0.1) is 0 Å². The van der Waals surface area contributed by atoms with Crippen molar-refractivity contribution in [3.63, 3.8) is 0 Å². The number of hydrogen-bond acceptors (Lipinski definition) is 7. The zero-order valence-corrected chi connectivity index (χ0v) is 19.5. The molecule has 2 aromatic carbocycles. The molecule has 0 saturated carbocycles. The number of amides is 1. The minimum atomic E-state index is -4.77. The molecule has 3 aromatic rings. The van der Waals surface area contributed by atoms with Crippen molar-refractivity contribution < 1.29 is 32.6 Å². The normalized spacial score (nSPS) is 15.5. The molecular formula is C25H24F3N5O4. The fourth-order valence-electron chi connectivity index (χ4n) is 4.00. The fraction of sp³-hybridized carbons (Fsp3) is 0.280. The maximum atomic E-state index is 14.0. The van der Waals surface area contributed by atoms with Gasteiger partial charge in [-0.3, -0.25) is 9.59 Å². The van der Waals surface area contributed by atoms with E-state index in [0.29, 0.717) is 36.2 Å². The number of carbonyl (C=O) groups is 2. The van der Waals surface area contributed by atoms with Crippen molar-refractivity contribution in [2.75, 3.05) is 17.2 Å². The molecular weight excluding hydrogens is 491 g/mol. The molecule has 37 heavy (non-hydrogen) atoms. The molecule has 0 aliphatic carbocycles. The Morgan fingerprint density at radius 1 is 1.11 bits per heavy atom. The van der Waals surface area contributed by atoms with Crippen LogP contribution < -0.4 is 21.1 Å². The van der Waals surface area contributed by atoms with Crippen molar-refractivity contribution in [3.05, 3.63) is 65.7 Å². The van der Waals surface area contributed by atoms with Crippen LogP contribution in [0.15, 0.2) is 54.6 Å². The summed E-state index contributed by atoms with van der Waals surface area (Å²) < 4.78 is 47.2. The summed E-state index contributed by atoms with van der Waals surface area (Å²) in [4.78, 5) is 32.3. The summed E-state index contributed by atoms with van der Waals surface area (Å²) in [5, 5.41) is 8.96. The zero-order valence-electron chi connectivity index (χ0n) is 19.5. The number of aliphatic carboxylic acids is 1. The number of benzene rings is 2. The number of nitrogens with two attached hydrogens (primary N) is 2. The molecule has 1 aliphatic rings. The highest BCUT2D eigenvalue weighted by Gasteiger charge is 2.43. The largest absolute Gasteiger partial charge is 0.480 e. The Morgan fingerprint density at radius 2 is 1.78 bits per heavy atom. The van der Waals surface area contributed by atoms with Crippen molar-refractivity contribution in [2.45, 2.75) is 37.6 Å². The lowest BCUT2D eigenvalue weighted by molar-refractivity contribution is -0.198. The van der Waals surface area contributed by atoms with Gasteiger partial charge in [0.2, 0.25) is 23.8 Å². The van der Waals surface area contributed by atoms with Crippen LogP contribution in [0.5, 0.6) is 5.88 Å². The van der Waals surface area contributed by atoms with E-state index in [1.54, 1.807) is 24.3 Å². The van der Waals surface area contributed by atoms with E-state index < -0.39 is 24.3 Å². The Bertz CT molecular complexity index is 1280. The van der Waals surface area contributed by atoms with Crippen LogP contribution >= 0.6 is 0 Å². The number of halogens is 3. The molecule has 5 N–H and O–H groups in total. The lowest BCUT2D eigenvalue weighted by Gasteiger charge is -2.23. The first-order valence-electron chi connectivity index (χ1n) is 11.4. The van der Waals surface area contributed by atoms with E-state index in [0.717, 1.165) is 0 Å². The third-order valence-corrected chi connectivity index (χ3v) is 5.86. The minimum Gasteiger partial charge on any atom is -0.480 e. The number of hydrogen-bond donors (Lipinski definition) is 3. The highest BCUT2D eigenvalue weighted by atomic mass is 19.4. The fourth-order valence-corrected chi connectivity index (χ4v) is 4.00. The molecule has 1 amide bonds. The number of anilines is 2. The Balaban J connectivity index is 1.56. The van der Waals surface area contributed by atoms with Gasteiger partial charge in [-0.05, 0) is 30.5 Å². The number of aromatic nitrogens is 2. The molecule has 12 heteroatoms. The molecule has 1 unspecified atom stereocenters. The van der Waals surface area contributed by atoms with Crippen LogP contribution in [0.3, 0.4) is 0 Å². The lowest BCUT2D eigenvalue weighted by Crippen LogP contribution is -2.32. The van der Waals surface area contributed by atoms with Gasteiger partial charge in [0.1, 0.15) is 6.04 Å². The standard InChI is InChI=1S/C25H24F3N5O4/c26-25(27,28)22(16-7-9-17(10-8-16)33-11-1-2-21(33)34)37-20-13-19(31-24(30)32-20)15-5-3-14(4-6-15)12-18(29)23(35)36/h3-10,13,18,22H,1-2,11-12,29H2,(H,35,36)(H2,30,31,32)/t18-,22?/m0/s1. The van der Waals surface area contributed by atoms with E-state index in [2.05, 4.69) is 9.97 Å². The Labute approximate surface area is 209 Å². The van der Waals surface area contributed by atoms with E-state index in [1.807, 2.05) is 0 Å². The smallest absolute Gasteiger partial charge is 0.429 e. The monoisotopic (exact) mass is 515 g/mol. The maximum Gasteiger partial charge on any atom is 0.429 e. The summed E-state index contributed by atoms with van der Waals surface area (Å²) in [6.07, 6.45) is -5.89. The first-order valence-corrected chi connectivity index (χ1v) is 11.4. The number of nitrogens with zero attached hydrogens (tertiary/aromatic N) is 3. The second kappa shape index (κ2) is 10.4. The minimum absolute atomic E-state index is 0.0712. The molecule has 1 aliphatic heterocycles. The number of carbonyl (C=O) groups excluding carboxylic acids is 1. The Hall–Kier alpha value is -4.19. The van der Waals surface area contributed by atoms with Gasteiger partial charge in [-0.25, -0.2) is 4.98 Å². The van der Waals surface area contributed by atoms with Gasteiger partial charge >= 0.3 is 12.1 Å². The summed E-state index contributed by atoms with van der Waals surface area (Å²) in [6, 6.07) is 12.1. The van der Waals surface area contributed by atoms with Gasteiger partial charge < -0.3 is 26.2 Å². The summed E-state index contributed by atoms with van der Waals surface area (Å²) in [6.45, 7) is 0.522. The predicted octanol–water partition coefficient (Wildman–Crippen LogP) is 3.49. The topological polar surface area (TPSA) is 145 Å². The van der Waals surface area contributed by atoms with Crippen LogP contribution in [-0.2, 0) is 16.0 Å². The molecule has 2 atom stereocenters. The molecule has 1 aromatic heterocycles. The molecule has 194 valence electrons. The Kier molecular flexibility index (Phi) is 7.30. The van der Waals surface area contributed by atoms with Crippen molar-refractivity contribution >= 4 is 23.5 Å². The van der Waals surface area contributed by atoms with E-state index >= 15 is 0 Å². The van der Waals surface area contributed by atoms with Crippen molar-refractivity contribution in [1.82, 2.24) is 9.97 Å². The summed E-state index contributed by atoms with van der Waals surface area (Å²) in [5.74, 6) is -1.86. The number of rotatable bonds is 8. The van der Waals surface area contributed by atoms with Gasteiger partial charge in [-0.15, -0.1) is 0 Å². The molecule has 1 fully saturated rings. The van der Waals surface area contributed by atoms with Gasteiger partial charge in [0.15, 0.2) is 0 Å². The summed E-state index contributed by atoms with van der Waals surface area (Å²) in [7, 11) is 0. The first-order chi connectivity index (χ1) is 17.5. The van der Waals surface area contributed by atoms with Crippen LogP contribution in [-0.4, -0.2) is 45.7 Å². The number of ether oxygens (including phenoxy) is 1. The predicted molar refractivity (Wildman–Crippen MR) is 129 cm³/mol. The van der Waals surface area contributed by atoms with Crippen molar-refractivity contribution in [3.8, 4) is 17.1 Å². The third-order valence-electron chi connectivity index (χ3n) is 5.86. The van der Waals surface area contributed by atoms with E-state index in [1.165, 1.54) is 35.2 Å². The van der Waals surface area contributed by atoms with Crippen LogP contribution in [0.4, 0.5) is 24.8 Å². The SMILES string of the molecule is Nc1nc(OC(c2ccc(N3CCCC3=O)cc2)C(F)(F)F)cc(-c2ccc(C[C@H](N)C(=O)O)cc2)n1. The van der Waals surface area contributed by atoms with E-state index in [4.69, 9.17) is 21.3 Å². The number of carboxylic acids is 1. The molecule has 4 rings (SSSR count). The molecule has 0 bridgehead atoms. The molecule has 1 saturated heterocycles. The highest BCUT2D eigenvalue weighted by Crippen LogP contribution is 2.38. The second-order valence-electron chi connectivity index (χ2n) is 8.58. The Morgan fingerprint density at radius 3 is 2.35 bits per heavy atom. The van der Waals surface area contributed by atoms with Crippen LogP contribution in [0.1, 0.15) is 30.1 Å². The van der Waals surface area contributed by atoms with Crippen LogP contribution in [0.25, 0.3) is 11.3 Å². The van der Waals surface area contributed by atoms with Gasteiger partial charge in [0, 0.05) is 35.8 Å². The number of alkyl halides is 3. The lowest BCUT2D eigenvalue weighted by atomic mass is 10.0. The average molecular weight is 515 g/mol. The van der Waals surface area contributed by atoms with Gasteiger partial charge in [0.25, 0.3) is 0 Å². The molecule has 9 nitrogen and oxygen atoms in total. The first kappa shape index (κ1) is 25.9. The highest BCUT2D eigenvalue weighted by molar-refractivity contribution is 5.95. The second-order valence-corrected chi connectivity index (χ2v) is 8.58. The number of carboxylic acid groups (broad SMARTS) is 1. The van der Waals surface area contributed by atoms with Crippen molar-refractivity contribution in [1.29, 1.82) is 0 Å². The van der Waals surface area contributed by atoms with Gasteiger partial charge in [-0.1, -0.05) is 36.4 Å². The summed E-state index contributed by atoms with van der Waals surface area (Å²) >= 11 is 0. The van der Waals surface area contributed by atoms with Crippen molar-refractivity contribution in [2.24, 2.45) is 5.73 Å². The molecule has 0 radical (unpaired) electrons. The third kappa shape index (κ3) is 6.15. The van der Waals surface area contributed by atoms with Crippen LogP contribution in [0.2, 0.25) is 0 Å². The van der Waals surface area contributed by atoms with Gasteiger partial charge in [-0.2, -0.15) is 18.2 Å². The molecule has 2 heterocycles.